The fraction of sp³-hybridized carbons (Fsp3) is 0.318. The molecule has 0 amide bonds. The average molecular weight is 443 g/mol. The Bertz CT molecular complexity index is 950. The first kappa shape index (κ1) is 19.3. The highest BCUT2D eigenvalue weighted by molar-refractivity contribution is 9.10. The molecule has 2 aromatic carbocycles. The van der Waals surface area contributed by atoms with E-state index in [0.29, 0.717) is 16.9 Å². The molecule has 1 N–H and O–H groups in total. The van der Waals surface area contributed by atoms with E-state index in [-0.39, 0.29) is 5.82 Å². The lowest BCUT2D eigenvalue weighted by atomic mass is 10.0. The molecule has 1 aliphatic rings. The van der Waals surface area contributed by atoms with Crippen LogP contribution in [0.2, 0.25) is 0 Å². The molecule has 0 radical (unpaired) electrons. The smallest absolute Gasteiger partial charge is 0.134 e. The van der Waals surface area contributed by atoms with E-state index in [1.807, 2.05) is 6.07 Å². The predicted octanol–water partition coefficient (Wildman–Crippen LogP) is 4.54. The number of likely N-dealkylation sites (N-methyl/N-ethyl adjacent to an activating group) is 1. The number of aromatic nitrogens is 1. The molecule has 0 spiro atoms. The van der Waals surface area contributed by atoms with Crippen LogP contribution in [0.4, 0.5) is 10.1 Å². The highest BCUT2D eigenvalue weighted by atomic mass is 79.9. The van der Waals surface area contributed by atoms with Crippen molar-refractivity contribution in [2.45, 2.75) is 6.04 Å². The number of piperazine rings is 1. The number of hydrogen-bond acceptors (Lipinski definition) is 4. The Hall–Kier alpha value is -2.02. The topological polar surface area (TPSA) is 31.4 Å². The number of rotatable bonds is 5. The maximum atomic E-state index is 14.4. The van der Waals surface area contributed by atoms with E-state index in [1.54, 1.807) is 12.3 Å². The first-order valence-corrected chi connectivity index (χ1v) is 10.4. The molecule has 4 nitrogen and oxygen atoms in total. The number of pyridine rings is 1. The molecule has 146 valence electrons. The van der Waals surface area contributed by atoms with E-state index in [1.165, 1.54) is 11.6 Å². The first-order valence-electron chi connectivity index (χ1n) is 9.57. The molecule has 1 aromatic heterocycles. The van der Waals surface area contributed by atoms with Gasteiger partial charge in [-0.2, -0.15) is 0 Å². The van der Waals surface area contributed by atoms with Crippen LogP contribution in [0.5, 0.6) is 0 Å². The monoisotopic (exact) mass is 442 g/mol. The Labute approximate surface area is 173 Å². The maximum absolute atomic E-state index is 14.4. The SMILES string of the molecule is CN1CCN(CCNc2ccnc3c(Br)ccc(F)c23)C(c2ccccc2)C1. The van der Waals surface area contributed by atoms with E-state index in [0.717, 1.165) is 42.9 Å². The van der Waals surface area contributed by atoms with Crippen LogP contribution in [-0.2, 0) is 0 Å². The lowest BCUT2D eigenvalue weighted by molar-refractivity contribution is 0.0938. The van der Waals surface area contributed by atoms with E-state index in [4.69, 9.17) is 0 Å². The Morgan fingerprint density at radius 2 is 1.96 bits per heavy atom. The molecule has 1 atom stereocenters. The molecular formula is C22H24BrFN4. The van der Waals surface area contributed by atoms with E-state index in [9.17, 15) is 4.39 Å². The number of nitrogens with zero attached hydrogens (tertiary/aromatic N) is 3. The van der Waals surface area contributed by atoms with Crippen molar-refractivity contribution < 1.29 is 4.39 Å². The van der Waals surface area contributed by atoms with Gasteiger partial charge in [-0.3, -0.25) is 9.88 Å². The second kappa shape index (κ2) is 8.55. The molecule has 2 heterocycles. The predicted molar refractivity (Wildman–Crippen MR) is 116 cm³/mol. The summed E-state index contributed by atoms with van der Waals surface area (Å²) in [5, 5.41) is 3.97. The van der Waals surface area contributed by atoms with Crippen LogP contribution in [0, 0.1) is 5.82 Å². The second-order valence-electron chi connectivity index (χ2n) is 7.26. The van der Waals surface area contributed by atoms with Crippen molar-refractivity contribution >= 4 is 32.5 Å². The number of anilines is 1. The molecule has 28 heavy (non-hydrogen) atoms. The van der Waals surface area contributed by atoms with Gasteiger partial charge in [-0.25, -0.2) is 4.39 Å². The number of nitrogens with one attached hydrogen (secondary N) is 1. The fourth-order valence-electron chi connectivity index (χ4n) is 3.89. The third-order valence-corrected chi connectivity index (χ3v) is 6.03. The molecule has 4 rings (SSSR count). The molecule has 1 aliphatic heterocycles. The van der Waals surface area contributed by atoms with Crippen LogP contribution in [0.15, 0.2) is 59.2 Å². The molecule has 0 bridgehead atoms. The van der Waals surface area contributed by atoms with Gasteiger partial charge in [-0.15, -0.1) is 0 Å². The summed E-state index contributed by atoms with van der Waals surface area (Å²) < 4.78 is 15.2. The van der Waals surface area contributed by atoms with Crippen LogP contribution in [0.25, 0.3) is 10.9 Å². The highest BCUT2D eigenvalue weighted by Crippen LogP contribution is 2.30. The van der Waals surface area contributed by atoms with Gasteiger partial charge in [-0.1, -0.05) is 30.3 Å². The summed E-state index contributed by atoms with van der Waals surface area (Å²) in [7, 11) is 2.18. The Morgan fingerprint density at radius 1 is 1.14 bits per heavy atom. The summed E-state index contributed by atoms with van der Waals surface area (Å²) >= 11 is 3.47. The number of fused-ring (bicyclic) bond motifs is 1. The summed E-state index contributed by atoms with van der Waals surface area (Å²) in [6.45, 7) is 4.74. The molecule has 6 heteroatoms. The van der Waals surface area contributed by atoms with Gasteiger partial charge in [0.05, 0.1) is 10.9 Å². The van der Waals surface area contributed by atoms with Crippen LogP contribution >= 0.6 is 15.9 Å². The maximum Gasteiger partial charge on any atom is 0.134 e. The molecule has 3 aromatic rings. The highest BCUT2D eigenvalue weighted by Gasteiger charge is 2.26. The quantitative estimate of drug-likeness (QED) is 0.628. The van der Waals surface area contributed by atoms with Crippen molar-refractivity contribution in [1.82, 2.24) is 14.8 Å². The third-order valence-electron chi connectivity index (χ3n) is 5.39. The Balaban J connectivity index is 1.49. The largest absolute Gasteiger partial charge is 0.383 e. The Kier molecular flexibility index (Phi) is 5.90. The zero-order chi connectivity index (χ0) is 19.5. The van der Waals surface area contributed by atoms with Gasteiger partial charge in [-0.05, 0) is 46.7 Å². The summed E-state index contributed by atoms with van der Waals surface area (Å²) in [4.78, 5) is 9.21. The molecular weight excluding hydrogens is 419 g/mol. The number of hydrogen-bond donors (Lipinski definition) is 1. The van der Waals surface area contributed by atoms with Crippen molar-refractivity contribution in [3.63, 3.8) is 0 Å². The second-order valence-corrected chi connectivity index (χ2v) is 8.12. The summed E-state index contributed by atoms with van der Waals surface area (Å²) in [6.07, 6.45) is 1.72. The van der Waals surface area contributed by atoms with Gasteiger partial charge in [0.15, 0.2) is 0 Å². The minimum absolute atomic E-state index is 0.254. The summed E-state index contributed by atoms with van der Waals surface area (Å²) in [6, 6.07) is 16.1. The lowest BCUT2D eigenvalue weighted by Crippen LogP contribution is -2.48. The Morgan fingerprint density at radius 3 is 2.79 bits per heavy atom. The number of benzene rings is 2. The van der Waals surface area contributed by atoms with Gasteiger partial charge in [0.2, 0.25) is 0 Å². The zero-order valence-corrected chi connectivity index (χ0v) is 17.5. The van der Waals surface area contributed by atoms with Gasteiger partial charge < -0.3 is 10.2 Å². The van der Waals surface area contributed by atoms with Gasteiger partial charge >= 0.3 is 0 Å². The number of halogens is 2. The van der Waals surface area contributed by atoms with Crippen LogP contribution < -0.4 is 5.32 Å². The molecule has 1 unspecified atom stereocenters. The zero-order valence-electron chi connectivity index (χ0n) is 15.9. The van der Waals surface area contributed by atoms with Crippen molar-refractivity contribution in [1.29, 1.82) is 0 Å². The lowest BCUT2D eigenvalue weighted by Gasteiger charge is -2.40. The van der Waals surface area contributed by atoms with Gasteiger partial charge in [0.1, 0.15) is 5.82 Å². The van der Waals surface area contributed by atoms with Gasteiger partial charge in [0, 0.05) is 55.1 Å². The first-order chi connectivity index (χ1) is 13.6. The minimum atomic E-state index is -0.254. The van der Waals surface area contributed by atoms with Crippen LogP contribution in [-0.4, -0.2) is 54.6 Å². The average Bonchev–Trinajstić information content (AvgIpc) is 2.72. The van der Waals surface area contributed by atoms with E-state index in [2.05, 4.69) is 73.4 Å². The molecule has 1 fully saturated rings. The van der Waals surface area contributed by atoms with Crippen LogP contribution in [0.1, 0.15) is 11.6 Å². The fourth-order valence-corrected chi connectivity index (χ4v) is 4.32. The summed E-state index contributed by atoms with van der Waals surface area (Å²) in [5.74, 6) is -0.254. The van der Waals surface area contributed by atoms with Gasteiger partial charge in [0.25, 0.3) is 0 Å². The van der Waals surface area contributed by atoms with E-state index < -0.39 is 0 Å². The minimum Gasteiger partial charge on any atom is -0.383 e. The van der Waals surface area contributed by atoms with Crippen molar-refractivity contribution in [2.24, 2.45) is 0 Å². The van der Waals surface area contributed by atoms with Crippen LogP contribution in [0.3, 0.4) is 0 Å². The summed E-state index contributed by atoms with van der Waals surface area (Å²) in [5.41, 5.74) is 2.78. The standard InChI is InChI=1S/C22H24BrFN4/c1-27-13-14-28(20(15-27)16-5-3-2-4-6-16)12-11-25-19-9-10-26-22-17(23)7-8-18(24)21(19)22/h2-10,20H,11-15H2,1H3,(H,25,26). The third kappa shape index (κ3) is 4.04. The van der Waals surface area contributed by atoms with Crippen molar-refractivity contribution in [3.05, 3.63) is 70.6 Å². The van der Waals surface area contributed by atoms with Crippen molar-refractivity contribution in [2.75, 3.05) is 45.1 Å². The van der Waals surface area contributed by atoms with E-state index >= 15 is 0 Å². The normalized spacial score (nSPS) is 18.5. The van der Waals surface area contributed by atoms with Crippen molar-refractivity contribution in [3.8, 4) is 0 Å². The molecule has 0 saturated carbocycles. The molecule has 0 aliphatic carbocycles. The molecule has 1 saturated heterocycles.